The number of esters is 4. The molecule has 0 heterocycles. The molecule has 0 aliphatic heterocycles. The molecule has 4 aliphatic carbocycles. The van der Waals surface area contributed by atoms with Gasteiger partial charge in [0.15, 0.2) is 5.70 Å². The molecule has 129 heavy (non-hydrogen) atoms. The van der Waals surface area contributed by atoms with Crippen LogP contribution in [0.25, 0.3) is 14.5 Å². The lowest BCUT2D eigenvalue weighted by Crippen LogP contribution is -2.44. The number of rotatable bonds is 32. The van der Waals surface area contributed by atoms with Crippen LogP contribution in [0.15, 0.2) is 333 Å². The number of allylic oxidation sites excluding steroid dienone is 11. The summed E-state index contributed by atoms with van der Waals surface area (Å²) in [5.41, 5.74) is 2.34. The van der Waals surface area contributed by atoms with E-state index in [4.69, 9.17) is 38.7 Å². The molecule has 0 unspecified atom stereocenters. The number of hydrogen-bond donors (Lipinski definition) is 0. The Balaban J connectivity index is 1.03. The number of nitrogens with zero attached hydrogens (tertiary/aromatic N) is 12. The molecule has 4 aliphatic rings. The highest BCUT2D eigenvalue weighted by Crippen LogP contribution is 2.50. The van der Waals surface area contributed by atoms with E-state index < -0.39 is 99.9 Å². The third-order valence-corrected chi connectivity index (χ3v) is 23.7. The lowest BCUT2D eigenvalue weighted by molar-refractivity contribution is -0.165. The topological polar surface area (TPSA) is 250 Å². The third kappa shape index (κ3) is 23.8. The Morgan fingerprint density at radius 2 is 0.519 bits per heavy atom. The normalized spacial score (nSPS) is 17.1. The van der Waals surface area contributed by atoms with Gasteiger partial charge in [0.1, 0.15) is 67.3 Å². The van der Waals surface area contributed by atoms with E-state index in [1.165, 1.54) is 0 Å². The Hall–Kier alpha value is -15.3. The number of nitriles is 5. The quantitative estimate of drug-likeness (QED) is 0.0125. The van der Waals surface area contributed by atoms with Gasteiger partial charge in [0.25, 0.3) is 11.4 Å². The molecule has 0 spiro atoms. The predicted octanol–water partition coefficient (Wildman–Crippen LogP) is 21.7. The summed E-state index contributed by atoms with van der Waals surface area (Å²) in [5.74, 6) is -5.20. The van der Waals surface area contributed by atoms with Crippen LogP contribution in [0.5, 0.6) is 0 Å². The fraction of sp³-hybridized carbons (Fsp3) is 0.303. The average molecular weight is 1710 g/mol. The van der Waals surface area contributed by atoms with Crippen molar-refractivity contribution in [2.45, 2.75) is 159 Å². The smallest absolute Gasteiger partial charge is 0.349 e. The van der Waals surface area contributed by atoms with E-state index in [0.717, 1.165) is 44.5 Å². The second-order valence-electron chi connectivity index (χ2n) is 36.7. The monoisotopic (exact) mass is 1710 g/mol. The van der Waals surface area contributed by atoms with Gasteiger partial charge in [-0.05, 0) is 140 Å². The summed E-state index contributed by atoms with van der Waals surface area (Å²) >= 11 is 0. The van der Waals surface area contributed by atoms with Gasteiger partial charge in [-0.25, -0.2) is 24.1 Å². The van der Waals surface area contributed by atoms with E-state index in [1.807, 2.05) is 298 Å². The van der Waals surface area contributed by atoms with Gasteiger partial charge in [-0.3, -0.25) is 9.59 Å². The largest absolute Gasteiger partial charge is 0.470 e. The maximum Gasteiger partial charge on any atom is 0.349 e. The van der Waals surface area contributed by atoms with Crippen LogP contribution >= 0.6 is 0 Å². The highest BCUT2D eigenvalue weighted by Gasteiger charge is 2.46. The van der Waals surface area contributed by atoms with E-state index in [1.54, 1.807) is 0 Å². The molecule has 8 aromatic rings. The summed E-state index contributed by atoms with van der Waals surface area (Å²) in [4.78, 5) is 83.5. The molecule has 0 N–H and O–H groups in total. The molecular formula is C109H104N12O8. The highest BCUT2D eigenvalue weighted by molar-refractivity contribution is 5.97. The zero-order chi connectivity index (χ0) is 91.9. The van der Waals surface area contributed by atoms with Crippen molar-refractivity contribution in [3.63, 3.8) is 0 Å². The first kappa shape index (κ1) is 92.9. The first-order chi connectivity index (χ1) is 62.1. The Kier molecular flexibility index (Phi) is 30.3. The predicted molar refractivity (Wildman–Crippen MR) is 491 cm³/mol. The maximum absolute atomic E-state index is 15.9. The molecule has 0 bridgehead atoms. The molecule has 0 radical (unpaired) electrons. The summed E-state index contributed by atoms with van der Waals surface area (Å²) in [6.45, 7) is 40.9. The van der Waals surface area contributed by atoms with Crippen molar-refractivity contribution in [3.8, 4) is 30.3 Å². The number of ether oxygens (including phenoxy) is 4. The van der Waals surface area contributed by atoms with Crippen molar-refractivity contribution >= 4 is 23.9 Å². The van der Waals surface area contributed by atoms with E-state index >= 15 is 19.2 Å². The molecule has 0 amide bonds. The van der Waals surface area contributed by atoms with Gasteiger partial charge in [-0.2, -0.15) is 26.3 Å². The van der Waals surface area contributed by atoms with Crippen LogP contribution in [0.4, 0.5) is 0 Å². The van der Waals surface area contributed by atoms with Gasteiger partial charge in [0.05, 0.1) is 42.5 Å². The van der Waals surface area contributed by atoms with Crippen molar-refractivity contribution in [2.75, 3.05) is 26.4 Å². The van der Waals surface area contributed by atoms with Crippen molar-refractivity contribution < 1.29 is 38.1 Å². The Morgan fingerprint density at radius 3 is 0.752 bits per heavy atom. The van der Waals surface area contributed by atoms with Gasteiger partial charge in [-0.1, -0.05) is 298 Å². The fourth-order valence-electron chi connectivity index (χ4n) is 17.6. The zero-order valence-corrected chi connectivity index (χ0v) is 74.4. The van der Waals surface area contributed by atoms with Crippen LogP contribution in [0.3, 0.4) is 0 Å². The number of benzene rings is 8. The molecule has 8 aromatic carbocycles. The number of hydrogen-bond acceptors (Lipinski definition) is 17. The summed E-state index contributed by atoms with van der Waals surface area (Å²) in [6.07, 6.45) is 1.46. The van der Waals surface area contributed by atoms with Crippen molar-refractivity contribution in [1.82, 2.24) is 19.6 Å². The van der Waals surface area contributed by atoms with E-state index in [2.05, 4.69) is 64.5 Å². The molecule has 648 valence electrons. The first-order valence-corrected chi connectivity index (χ1v) is 43.1. The van der Waals surface area contributed by atoms with Crippen LogP contribution in [0.2, 0.25) is 0 Å². The first-order valence-electron chi connectivity index (χ1n) is 43.1. The van der Waals surface area contributed by atoms with Crippen LogP contribution in [0, 0.1) is 103 Å². The highest BCUT2D eigenvalue weighted by atomic mass is 16.6. The van der Waals surface area contributed by atoms with Gasteiger partial charge >= 0.3 is 23.9 Å². The van der Waals surface area contributed by atoms with Crippen molar-refractivity contribution in [1.29, 1.82) is 26.3 Å². The minimum atomic E-state index is -2.40. The molecule has 12 rings (SSSR count). The molecule has 20 heteroatoms. The molecule has 0 aromatic heterocycles. The van der Waals surface area contributed by atoms with Crippen molar-refractivity contribution in [2.24, 2.45) is 27.1 Å². The van der Waals surface area contributed by atoms with E-state index in [9.17, 15) is 26.3 Å². The molecule has 20 nitrogen and oxygen atoms in total. The minimum absolute atomic E-state index is 0.0191. The second kappa shape index (κ2) is 42.1. The second-order valence-corrected chi connectivity index (χ2v) is 36.7. The van der Waals surface area contributed by atoms with Gasteiger partial charge in [0.2, 0.25) is 0 Å². The SMILES string of the molecule is [C-]#[N+]C1=C(N(Cc2ccccc2)Cc2ccccc2)CC(C)(C)C/C1=C(/[N+]#[C-])C(=O)OCC(COC(=O)/C(C#N)=C1\CC(C)(C)CC(N(Cc2ccccc2)Cc2ccccc2)=C1C#N)(COC(=O)/C(C#N)=C1\CC(C)(C)CC(N(Cc2ccccc2)Cc2ccccc2)=C1C#N)COC(=O)/C([N+]#[C-])=C1/CC(C)(C)CC(N(Cc2ccccc2)Cc2ccccc2)=C1C#N. The summed E-state index contributed by atoms with van der Waals surface area (Å²) in [6, 6.07) is 88.7. The molecule has 0 atom stereocenters. The van der Waals surface area contributed by atoms with Crippen LogP contribution in [-0.2, 0) is 90.5 Å². The lowest BCUT2D eigenvalue weighted by Gasteiger charge is -2.39. The van der Waals surface area contributed by atoms with Crippen LogP contribution in [-0.4, -0.2) is 69.9 Å². The molecule has 0 saturated heterocycles. The summed E-state index contributed by atoms with van der Waals surface area (Å²) in [5, 5.41) is 57.9. The maximum atomic E-state index is 15.9. The molecule has 0 saturated carbocycles. The molecular weight excluding hydrogens is 1610 g/mol. The Morgan fingerprint density at radius 1 is 0.310 bits per heavy atom. The zero-order valence-electron chi connectivity index (χ0n) is 74.4. The minimum Gasteiger partial charge on any atom is -0.470 e. The third-order valence-electron chi connectivity index (χ3n) is 23.7. The molecule has 0 fully saturated rings. The van der Waals surface area contributed by atoms with E-state index in [0.29, 0.717) is 101 Å². The van der Waals surface area contributed by atoms with Crippen molar-refractivity contribution in [3.05, 3.63) is 411 Å². The van der Waals surface area contributed by atoms with Crippen LogP contribution in [0.1, 0.15) is 151 Å². The standard InChI is InChI=1S/C109H104N12O8/c1-105(2)52-85(89(60-110)94(56-105)118(65-77-36-20-12-21-37-77)66-78-38-22-13-23-39-78)92(63-113)101(122)126-73-109(74-127-102(123)93(64-114)86-53-106(3,4)57-95(90(86)61-111)119(67-79-40-24-14-25-41-79)68-80-42-26-15-27-43-80,75-128-103(124)99(116-10)87-54-107(5,6)58-96(91(87)62-112)120(69-81-44-28-16-29-45-81)70-82-46-30-17-31-47-82)76-129-104(125)100(117-11)88-55-108(7,8)59-97(98(88)115-9)121(71-83-48-32-18-33-49-83)72-84-50-34-19-35-51-84/h12-51H,52-59,65-76H2,1-8H3/b92-85+,93-86+,99-87+,100-88-. The number of carbonyl (C=O) groups excluding carboxylic acids is 4. The Labute approximate surface area is 757 Å². The Bertz CT molecular complexity index is 5210. The van der Waals surface area contributed by atoms with E-state index in [-0.39, 0.29) is 70.4 Å². The lowest BCUT2D eigenvalue weighted by atomic mass is 9.72. The van der Waals surface area contributed by atoms with Gasteiger partial charge in [-0.15, -0.1) is 0 Å². The average Bonchev–Trinajstić information content (AvgIpc) is 0.785. The van der Waals surface area contributed by atoms with Gasteiger partial charge in [0, 0.05) is 75.1 Å². The van der Waals surface area contributed by atoms with Crippen LogP contribution < -0.4 is 0 Å². The summed E-state index contributed by atoms with van der Waals surface area (Å²) < 4.78 is 25.8. The number of carbonyl (C=O) groups is 4. The summed E-state index contributed by atoms with van der Waals surface area (Å²) in [7, 11) is 0. The fourth-order valence-corrected chi connectivity index (χ4v) is 17.6. The van der Waals surface area contributed by atoms with Gasteiger partial charge < -0.3 is 38.5 Å².